The number of fused-ring (bicyclic) bond motifs is 1. The van der Waals surface area contributed by atoms with E-state index in [1.165, 1.54) is 34.6 Å². The number of halogens is 1. The molecule has 0 radical (unpaired) electrons. The maximum atomic E-state index is 14.0. The first kappa shape index (κ1) is 22.8. The highest BCUT2D eigenvalue weighted by Gasteiger charge is 2.22. The molecule has 0 fully saturated rings. The number of nitrogens with zero attached hydrogens (tertiary/aromatic N) is 3. The van der Waals surface area contributed by atoms with E-state index in [1.807, 2.05) is 31.2 Å². The van der Waals surface area contributed by atoms with Crippen molar-refractivity contribution in [1.82, 2.24) is 9.55 Å². The number of aromatic nitrogens is 2. The summed E-state index contributed by atoms with van der Waals surface area (Å²) < 4.78 is 15.2. The van der Waals surface area contributed by atoms with E-state index in [1.54, 1.807) is 30.3 Å². The number of amides is 2. The minimum Gasteiger partial charge on any atom is -0.322 e. The van der Waals surface area contributed by atoms with Crippen LogP contribution in [0.5, 0.6) is 0 Å². The minimum atomic E-state index is -0.593. The topological polar surface area (TPSA) is 84.3 Å². The van der Waals surface area contributed by atoms with Crippen LogP contribution in [0.4, 0.5) is 15.9 Å². The lowest BCUT2D eigenvalue weighted by Crippen LogP contribution is -2.38. The quantitative estimate of drug-likeness (QED) is 0.473. The van der Waals surface area contributed by atoms with Crippen LogP contribution in [0.25, 0.3) is 11.0 Å². The Morgan fingerprint density at radius 2 is 1.68 bits per heavy atom. The van der Waals surface area contributed by atoms with Crippen LogP contribution in [0, 0.1) is 12.7 Å². The van der Waals surface area contributed by atoms with Crippen LogP contribution in [0.2, 0.25) is 0 Å². The summed E-state index contributed by atoms with van der Waals surface area (Å²) in [5, 5.41) is 2.49. The first-order chi connectivity index (χ1) is 16.3. The third kappa shape index (κ3) is 4.85. The molecule has 4 aromatic rings. The second-order valence-corrected chi connectivity index (χ2v) is 7.93. The van der Waals surface area contributed by atoms with Gasteiger partial charge < -0.3 is 5.32 Å². The van der Waals surface area contributed by atoms with Crippen molar-refractivity contribution in [1.29, 1.82) is 0 Å². The molecule has 4 rings (SSSR count). The molecule has 1 aromatic heterocycles. The number of carbonyl (C=O) groups excluding carboxylic acids is 2. The first-order valence-corrected chi connectivity index (χ1v) is 10.7. The lowest BCUT2D eigenvalue weighted by atomic mass is 10.1. The molecule has 0 atom stereocenters. The molecule has 0 aliphatic rings. The lowest BCUT2D eigenvalue weighted by Gasteiger charge is -2.21. The van der Waals surface area contributed by atoms with E-state index >= 15 is 0 Å². The number of anilines is 2. The van der Waals surface area contributed by atoms with Crippen LogP contribution in [0.15, 0.2) is 77.6 Å². The summed E-state index contributed by atoms with van der Waals surface area (Å²) >= 11 is 0. The predicted octanol–water partition coefficient (Wildman–Crippen LogP) is 4.04. The van der Waals surface area contributed by atoms with Gasteiger partial charge >= 0.3 is 0 Å². The van der Waals surface area contributed by atoms with Gasteiger partial charge in [0.25, 0.3) is 5.56 Å². The van der Waals surface area contributed by atoms with Gasteiger partial charge in [-0.1, -0.05) is 54.1 Å². The first-order valence-electron chi connectivity index (χ1n) is 10.7. The van der Waals surface area contributed by atoms with Gasteiger partial charge in [-0.15, -0.1) is 0 Å². The number of para-hydroxylation sites is 3. The van der Waals surface area contributed by atoms with Crippen molar-refractivity contribution < 1.29 is 14.0 Å². The molecular formula is C26H23FN4O3. The van der Waals surface area contributed by atoms with Crippen molar-refractivity contribution in [3.05, 3.63) is 100 Å². The van der Waals surface area contributed by atoms with E-state index < -0.39 is 17.3 Å². The highest BCUT2D eigenvalue weighted by atomic mass is 19.1. The van der Waals surface area contributed by atoms with E-state index in [9.17, 15) is 18.8 Å². The Morgan fingerprint density at radius 3 is 2.38 bits per heavy atom. The fourth-order valence-electron chi connectivity index (χ4n) is 3.62. The molecule has 2 amide bonds. The standard InChI is InChI=1S/C26H23FN4O3/c1-17-11-13-19(14-12-17)15-30(18(2)32)25-26(34)31(23-10-6-5-9-22(23)29-25)16-24(33)28-21-8-4-3-7-20(21)27/h3-14H,15-16H2,1-2H3,(H,28,33). The van der Waals surface area contributed by atoms with E-state index in [0.29, 0.717) is 11.0 Å². The van der Waals surface area contributed by atoms with Gasteiger partial charge in [-0.2, -0.15) is 0 Å². The summed E-state index contributed by atoms with van der Waals surface area (Å²) in [6.07, 6.45) is 0. The Hall–Kier alpha value is -4.33. The molecule has 0 aliphatic carbocycles. The Morgan fingerprint density at radius 1 is 1.00 bits per heavy atom. The van der Waals surface area contributed by atoms with Gasteiger partial charge in [-0.05, 0) is 36.8 Å². The van der Waals surface area contributed by atoms with Gasteiger partial charge in [0.2, 0.25) is 17.6 Å². The Bertz CT molecular complexity index is 1430. The molecule has 7 nitrogen and oxygen atoms in total. The van der Waals surface area contributed by atoms with Crippen LogP contribution < -0.4 is 15.8 Å². The molecule has 0 spiro atoms. The maximum Gasteiger partial charge on any atom is 0.294 e. The smallest absolute Gasteiger partial charge is 0.294 e. The number of rotatable bonds is 6. The number of hydrogen-bond acceptors (Lipinski definition) is 4. The van der Waals surface area contributed by atoms with E-state index in [2.05, 4.69) is 10.3 Å². The van der Waals surface area contributed by atoms with E-state index in [-0.39, 0.29) is 30.5 Å². The zero-order chi connectivity index (χ0) is 24.2. The summed E-state index contributed by atoms with van der Waals surface area (Å²) in [5.41, 5.74) is 2.21. The molecule has 0 bridgehead atoms. The minimum absolute atomic E-state index is 0.0175. The molecule has 3 aromatic carbocycles. The monoisotopic (exact) mass is 458 g/mol. The second-order valence-electron chi connectivity index (χ2n) is 7.93. The van der Waals surface area contributed by atoms with Gasteiger partial charge in [0, 0.05) is 6.92 Å². The van der Waals surface area contributed by atoms with E-state index in [0.717, 1.165) is 11.1 Å². The Kier molecular flexibility index (Phi) is 6.49. The third-order valence-corrected chi connectivity index (χ3v) is 5.38. The van der Waals surface area contributed by atoms with Gasteiger partial charge in [-0.25, -0.2) is 9.37 Å². The Balaban J connectivity index is 1.74. The molecule has 1 N–H and O–H groups in total. The van der Waals surface area contributed by atoms with Crippen molar-refractivity contribution in [3.8, 4) is 0 Å². The number of hydrogen-bond donors (Lipinski definition) is 1. The molecule has 34 heavy (non-hydrogen) atoms. The summed E-state index contributed by atoms with van der Waals surface area (Å²) in [4.78, 5) is 44.5. The number of nitrogens with one attached hydrogen (secondary N) is 1. The van der Waals surface area contributed by atoms with Crippen molar-refractivity contribution in [2.24, 2.45) is 0 Å². The van der Waals surface area contributed by atoms with Crippen LogP contribution >= 0.6 is 0 Å². The normalized spacial score (nSPS) is 10.8. The van der Waals surface area contributed by atoms with Crippen LogP contribution in [0.3, 0.4) is 0 Å². The third-order valence-electron chi connectivity index (χ3n) is 5.38. The van der Waals surface area contributed by atoms with Crippen molar-refractivity contribution in [2.45, 2.75) is 26.9 Å². The second kappa shape index (κ2) is 9.66. The fraction of sp³-hybridized carbons (Fsp3) is 0.154. The summed E-state index contributed by atoms with van der Waals surface area (Å²) in [7, 11) is 0. The van der Waals surface area contributed by atoms with Gasteiger partial charge in [0.05, 0.1) is 23.3 Å². The lowest BCUT2D eigenvalue weighted by molar-refractivity contribution is -0.117. The molecule has 1 heterocycles. The van der Waals surface area contributed by atoms with Gasteiger partial charge in [-0.3, -0.25) is 23.9 Å². The van der Waals surface area contributed by atoms with Crippen molar-refractivity contribution in [2.75, 3.05) is 10.2 Å². The zero-order valence-electron chi connectivity index (χ0n) is 18.8. The molecule has 0 aliphatic heterocycles. The number of aryl methyl sites for hydroxylation is 1. The molecule has 8 heteroatoms. The summed E-state index contributed by atoms with van der Waals surface area (Å²) in [6, 6.07) is 20.2. The average Bonchev–Trinajstić information content (AvgIpc) is 2.82. The van der Waals surface area contributed by atoms with Crippen molar-refractivity contribution >= 4 is 34.4 Å². The van der Waals surface area contributed by atoms with Crippen LogP contribution in [-0.4, -0.2) is 21.4 Å². The highest BCUT2D eigenvalue weighted by molar-refractivity contribution is 5.93. The molecule has 0 saturated heterocycles. The fourth-order valence-corrected chi connectivity index (χ4v) is 3.62. The van der Waals surface area contributed by atoms with Crippen LogP contribution in [0.1, 0.15) is 18.1 Å². The zero-order valence-corrected chi connectivity index (χ0v) is 18.8. The molecule has 172 valence electrons. The largest absolute Gasteiger partial charge is 0.322 e. The summed E-state index contributed by atoms with van der Waals surface area (Å²) in [5.74, 6) is -1.60. The summed E-state index contributed by atoms with van der Waals surface area (Å²) in [6.45, 7) is 3.10. The molecular weight excluding hydrogens is 435 g/mol. The molecule has 0 unspecified atom stereocenters. The number of benzene rings is 3. The van der Waals surface area contributed by atoms with Gasteiger partial charge in [0.1, 0.15) is 12.4 Å². The highest BCUT2D eigenvalue weighted by Crippen LogP contribution is 2.18. The van der Waals surface area contributed by atoms with Gasteiger partial charge in [0.15, 0.2) is 0 Å². The Labute approximate surface area is 195 Å². The van der Waals surface area contributed by atoms with E-state index in [4.69, 9.17) is 0 Å². The maximum absolute atomic E-state index is 14.0. The predicted molar refractivity (Wildman–Crippen MR) is 129 cm³/mol. The van der Waals surface area contributed by atoms with Crippen molar-refractivity contribution in [3.63, 3.8) is 0 Å². The SMILES string of the molecule is CC(=O)N(Cc1ccc(C)cc1)c1nc2ccccc2n(CC(=O)Nc2ccccc2F)c1=O. The number of carbonyl (C=O) groups is 2. The molecule has 0 saturated carbocycles. The van der Waals surface area contributed by atoms with Crippen LogP contribution in [-0.2, 0) is 22.7 Å². The average molecular weight is 458 g/mol.